The monoisotopic (exact) mass is 340 g/mol. The van der Waals surface area contributed by atoms with Gasteiger partial charge in [0, 0.05) is 5.56 Å². The third kappa shape index (κ3) is 2.94. The molecule has 0 bridgehead atoms. The van der Waals surface area contributed by atoms with Crippen molar-refractivity contribution in [3.8, 4) is 0 Å². The van der Waals surface area contributed by atoms with Gasteiger partial charge in [0.05, 0.1) is 16.1 Å². The zero-order valence-electron chi connectivity index (χ0n) is 13.1. The lowest BCUT2D eigenvalue weighted by Crippen LogP contribution is -2.37. The first-order valence-corrected chi connectivity index (χ1v) is 7.24. The number of nitrogens with one attached hydrogen (secondary N) is 1. The summed E-state index contributed by atoms with van der Waals surface area (Å²) in [6, 6.07) is 7.66. The summed E-state index contributed by atoms with van der Waals surface area (Å²) in [4.78, 5) is 51.3. The summed E-state index contributed by atoms with van der Waals surface area (Å²) in [5.41, 5.74) is 0.670. The molecule has 1 aromatic carbocycles. The first kappa shape index (κ1) is 16.2. The van der Waals surface area contributed by atoms with Crippen LogP contribution in [0.15, 0.2) is 36.5 Å². The highest BCUT2D eigenvalue weighted by Gasteiger charge is 2.36. The number of hydrogen-bond donors (Lipinski definition) is 1. The Morgan fingerprint density at radius 1 is 1.24 bits per heavy atom. The van der Waals surface area contributed by atoms with Crippen LogP contribution < -0.4 is 5.32 Å². The second kappa shape index (κ2) is 6.11. The molecule has 3 rings (SSSR count). The van der Waals surface area contributed by atoms with Gasteiger partial charge < -0.3 is 5.32 Å². The molecule has 0 aliphatic carbocycles. The lowest BCUT2D eigenvalue weighted by Gasteiger charge is -2.13. The van der Waals surface area contributed by atoms with Gasteiger partial charge in [0.25, 0.3) is 17.5 Å². The first-order valence-electron chi connectivity index (χ1n) is 7.24. The van der Waals surface area contributed by atoms with E-state index in [0.29, 0.717) is 5.56 Å². The van der Waals surface area contributed by atoms with Gasteiger partial charge in [0.1, 0.15) is 18.6 Å². The number of amides is 3. The molecule has 1 aromatic heterocycles. The summed E-state index contributed by atoms with van der Waals surface area (Å²) in [7, 11) is 0. The highest BCUT2D eigenvalue weighted by Crippen LogP contribution is 2.22. The van der Waals surface area contributed by atoms with Crippen LogP contribution in [0.1, 0.15) is 26.3 Å². The predicted octanol–water partition coefficient (Wildman–Crippen LogP) is 1.53. The van der Waals surface area contributed by atoms with Crippen molar-refractivity contribution in [2.45, 2.75) is 6.92 Å². The van der Waals surface area contributed by atoms with Crippen LogP contribution in [0.5, 0.6) is 0 Å². The van der Waals surface area contributed by atoms with Crippen LogP contribution in [-0.4, -0.2) is 39.1 Å². The minimum Gasteiger partial charge on any atom is -0.309 e. The van der Waals surface area contributed by atoms with E-state index in [1.165, 1.54) is 25.1 Å². The van der Waals surface area contributed by atoms with Crippen LogP contribution in [0, 0.1) is 17.0 Å². The van der Waals surface area contributed by atoms with E-state index in [-0.39, 0.29) is 22.6 Å². The second-order valence-electron chi connectivity index (χ2n) is 5.40. The van der Waals surface area contributed by atoms with E-state index >= 15 is 0 Å². The molecular weight excluding hydrogens is 328 g/mol. The number of aromatic nitrogens is 1. The van der Waals surface area contributed by atoms with Crippen molar-refractivity contribution < 1.29 is 19.3 Å². The Bertz CT molecular complexity index is 889. The molecule has 1 aliphatic rings. The van der Waals surface area contributed by atoms with Gasteiger partial charge in [-0.15, -0.1) is 0 Å². The SMILES string of the molecule is Cc1cc(NC(=O)CN2C(=O)c3ccccc3C2=O)ncc1[N+](=O)[O-]. The third-order valence-corrected chi connectivity index (χ3v) is 3.73. The summed E-state index contributed by atoms with van der Waals surface area (Å²) < 4.78 is 0. The molecule has 2 heterocycles. The van der Waals surface area contributed by atoms with E-state index in [1.807, 2.05) is 0 Å². The highest BCUT2D eigenvalue weighted by atomic mass is 16.6. The van der Waals surface area contributed by atoms with Crippen LogP contribution in [0.3, 0.4) is 0 Å². The van der Waals surface area contributed by atoms with Crippen molar-refractivity contribution in [2.75, 3.05) is 11.9 Å². The Morgan fingerprint density at radius 2 is 1.84 bits per heavy atom. The van der Waals surface area contributed by atoms with Gasteiger partial charge in [-0.1, -0.05) is 12.1 Å². The molecule has 1 N–H and O–H groups in total. The summed E-state index contributed by atoms with van der Waals surface area (Å²) in [5.74, 6) is -1.60. The van der Waals surface area contributed by atoms with Crippen molar-refractivity contribution in [3.05, 3.63) is 63.3 Å². The first-order chi connectivity index (χ1) is 11.9. The number of aryl methyl sites for hydroxylation is 1. The highest BCUT2D eigenvalue weighted by molar-refractivity contribution is 6.22. The normalized spacial score (nSPS) is 12.9. The molecule has 2 aromatic rings. The maximum absolute atomic E-state index is 12.2. The second-order valence-corrected chi connectivity index (χ2v) is 5.40. The fourth-order valence-electron chi connectivity index (χ4n) is 2.52. The van der Waals surface area contributed by atoms with E-state index in [1.54, 1.807) is 12.1 Å². The molecule has 9 heteroatoms. The number of benzene rings is 1. The van der Waals surface area contributed by atoms with Crippen molar-refractivity contribution >= 4 is 29.2 Å². The number of pyridine rings is 1. The van der Waals surface area contributed by atoms with Gasteiger partial charge in [0.15, 0.2) is 0 Å². The summed E-state index contributed by atoms with van der Waals surface area (Å²) in [6.07, 6.45) is 1.03. The number of imide groups is 1. The number of anilines is 1. The smallest absolute Gasteiger partial charge is 0.290 e. The lowest BCUT2D eigenvalue weighted by molar-refractivity contribution is -0.385. The fraction of sp³-hybridized carbons (Fsp3) is 0.125. The molecule has 0 radical (unpaired) electrons. The number of nitrogens with zero attached hydrogens (tertiary/aromatic N) is 3. The molecule has 126 valence electrons. The molecule has 3 amide bonds. The molecule has 0 saturated heterocycles. The van der Waals surface area contributed by atoms with Crippen molar-refractivity contribution in [3.63, 3.8) is 0 Å². The number of rotatable bonds is 4. The average molecular weight is 340 g/mol. The Labute approximate surface area is 141 Å². The lowest BCUT2D eigenvalue weighted by atomic mass is 10.1. The standard InChI is InChI=1S/C16H12N4O5/c1-9-6-13(17-7-12(9)20(24)25)18-14(21)8-19-15(22)10-4-2-3-5-11(10)16(19)23/h2-7H,8H2,1H3,(H,17,18,21). The van der Waals surface area contributed by atoms with Crippen LogP contribution in [0.2, 0.25) is 0 Å². The van der Waals surface area contributed by atoms with Crippen molar-refractivity contribution in [2.24, 2.45) is 0 Å². The van der Waals surface area contributed by atoms with Gasteiger partial charge >= 0.3 is 0 Å². The average Bonchev–Trinajstić information content (AvgIpc) is 2.80. The van der Waals surface area contributed by atoms with E-state index in [2.05, 4.69) is 10.3 Å². The molecular formula is C16H12N4O5. The van der Waals surface area contributed by atoms with Crippen molar-refractivity contribution in [1.82, 2.24) is 9.88 Å². The van der Waals surface area contributed by atoms with Gasteiger partial charge in [-0.2, -0.15) is 0 Å². The van der Waals surface area contributed by atoms with Crippen LogP contribution in [0.25, 0.3) is 0 Å². The van der Waals surface area contributed by atoms with Gasteiger partial charge in [-0.25, -0.2) is 4.98 Å². The quantitative estimate of drug-likeness (QED) is 0.511. The molecule has 0 unspecified atom stereocenters. The van der Waals surface area contributed by atoms with E-state index < -0.39 is 29.2 Å². The Kier molecular flexibility index (Phi) is 3.97. The fourth-order valence-corrected chi connectivity index (χ4v) is 2.52. The van der Waals surface area contributed by atoms with Crippen molar-refractivity contribution in [1.29, 1.82) is 0 Å². The molecule has 9 nitrogen and oxygen atoms in total. The Morgan fingerprint density at radius 3 is 2.36 bits per heavy atom. The van der Waals surface area contributed by atoms with Crippen LogP contribution >= 0.6 is 0 Å². The van der Waals surface area contributed by atoms with E-state index in [4.69, 9.17) is 0 Å². The molecule has 0 atom stereocenters. The zero-order chi connectivity index (χ0) is 18.1. The summed E-state index contributed by atoms with van der Waals surface area (Å²) in [6.45, 7) is 1.05. The minimum absolute atomic E-state index is 0.102. The third-order valence-electron chi connectivity index (χ3n) is 3.73. The zero-order valence-corrected chi connectivity index (χ0v) is 13.1. The minimum atomic E-state index is -0.629. The van der Waals surface area contributed by atoms with Gasteiger partial charge in [-0.3, -0.25) is 29.4 Å². The molecule has 0 spiro atoms. The number of hydrogen-bond acceptors (Lipinski definition) is 6. The topological polar surface area (TPSA) is 123 Å². The maximum atomic E-state index is 12.2. The summed E-state index contributed by atoms with van der Waals surface area (Å²) in [5, 5.41) is 13.2. The molecule has 0 fully saturated rings. The van der Waals surface area contributed by atoms with Crippen LogP contribution in [0.4, 0.5) is 11.5 Å². The number of fused-ring (bicyclic) bond motifs is 1. The van der Waals surface area contributed by atoms with Gasteiger partial charge in [0.2, 0.25) is 5.91 Å². The molecule has 0 saturated carbocycles. The number of carbonyl (C=O) groups excluding carboxylic acids is 3. The molecule has 25 heavy (non-hydrogen) atoms. The Balaban J connectivity index is 1.72. The Hall–Kier alpha value is -3.62. The van der Waals surface area contributed by atoms with Crippen LogP contribution in [-0.2, 0) is 4.79 Å². The predicted molar refractivity (Wildman–Crippen MR) is 86.1 cm³/mol. The van der Waals surface area contributed by atoms with E-state index in [0.717, 1.165) is 11.1 Å². The summed E-state index contributed by atoms with van der Waals surface area (Å²) >= 11 is 0. The maximum Gasteiger partial charge on any atom is 0.290 e. The van der Waals surface area contributed by atoms with Gasteiger partial charge in [-0.05, 0) is 25.1 Å². The number of carbonyl (C=O) groups is 3. The number of nitro groups is 1. The van der Waals surface area contributed by atoms with E-state index in [9.17, 15) is 24.5 Å². The molecule has 1 aliphatic heterocycles. The largest absolute Gasteiger partial charge is 0.309 e.